The van der Waals surface area contributed by atoms with Crippen molar-refractivity contribution >= 4 is 33.1 Å². The van der Waals surface area contributed by atoms with E-state index >= 15 is 0 Å². The van der Waals surface area contributed by atoms with Crippen LogP contribution in [0.5, 0.6) is 0 Å². The second-order valence-corrected chi connectivity index (χ2v) is 7.80. The van der Waals surface area contributed by atoms with Crippen LogP contribution in [0.3, 0.4) is 0 Å². The van der Waals surface area contributed by atoms with E-state index in [4.69, 9.17) is 4.98 Å². The summed E-state index contributed by atoms with van der Waals surface area (Å²) in [6.45, 7) is 7.83. The van der Waals surface area contributed by atoms with Crippen LogP contribution < -0.4 is 5.32 Å². The second kappa shape index (κ2) is 5.62. The third kappa shape index (κ3) is 2.63. The molecule has 3 aromatic rings. The fourth-order valence-electron chi connectivity index (χ4n) is 3.23. The van der Waals surface area contributed by atoms with Gasteiger partial charge in [-0.15, -0.1) is 11.3 Å². The molecule has 0 spiro atoms. The summed E-state index contributed by atoms with van der Waals surface area (Å²) in [6.07, 6.45) is 2.34. The first-order chi connectivity index (χ1) is 11.9. The summed E-state index contributed by atoms with van der Waals surface area (Å²) >= 11 is 1.45. The summed E-state index contributed by atoms with van der Waals surface area (Å²) < 4.78 is 1.78. The Kier molecular flexibility index (Phi) is 3.64. The number of nitrogens with zero attached hydrogens (tertiary/aromatic N) is 4. The first kappa shape index (κ1) is 16.2. The molecule has 1 fully saturated rings. The first-order valence-electron chi connectivity index (χ1n) is 8.46. The van der Waals surface area contributed by atoms with Crippen molar-refractivity contribution in [3.8, 4) is 0 Å². The third-order valence-electron chi connectivity index (χ3n) is 4.88. The van der Waals surface area contributed by atoms with E-state index in [1.165, 1.54) is 24.2 Å². The first-order valence-corrected chi connectivity index (χ1v) is 9.27. The third-order valence-corrected chi connectivity index (χ3v) is 6.07. The van der Waals surface area contributed by atoms with Crippen LogP contribution in [0.15, 0.2) is 0 Å². The Morgan fingerprint density at radius 3 is 2.48 bits per heavy atom. The fourth-order valence-corrected chi connectivity index (χ4v) is 4.36. The fraction of sp³-hybridized carbons (Fsp3) is 0.444. The molecule has 1 aliphatic rings. The number of hydrogen-bond acceptors (Lipinski definition) is 5. The monoisotopic (exact) mass is 355 g/mol. The van der Waals surface area contributed by atoms with Gasteiger partial charge in [0.2, 0.25) is 0 Å². The molecule has 3 aromatic heterocycles. The molecule has 0 unspecified atom stereocenters. The molecule has 0 bridgehead atoms. The van der Waals surface area contributed by atoms with Gasteiger partial charge in [0, 0.05) is 18.4 Å². The smallest absolute Gasteiger partial charge is 0.266 e. The standard InChI is InChI=1S/C18H21N5OS/c1-8-13-9(2)19-16(12-6-7-12)21-18(13)25-15(8)17(24)20-14-10(3)22-23(5)11(14)4/h12H,6-7H2,1-5H3,(H,20,24). The molecule has 25 heavy (non-hydrogen) atoms. The number of aromatic nitrogens is 4. The summed E-state index contributed by atoms with van der Waals surface area (Å²) in [4.78, 5) is 23.9. The number of hydrogen-bond donors (Lipinski definition) is 1. The minimum atomic E-state index is -0.105. The van der Waals surface area contributed by atoms with Gasteiger partial charge in [0.25, 0.3) is 5.91 Å². The molecule has 0 saturated heterocycles. The lowest BCUT2D eigenvalue weighted by Crippen LogP contribution is -2.12. The number of aryl methyl sites for hydroxylation is 4. The molecule has 1 aliphatic carbocycles. The normalized spacial score (nSPS) is 14.3. The predicted octanol–water partition coefficient (Wildman–Crippen LogP) is 3.79. The molecule has 0 radical (unpaired) electrons. The quantitative estimate of drug-likeness (QED) is 0.776. The average Bonchev–Trinajstić information content (AvgIpc) is 3.31. The van der Waals surface area contributed by atoms with Crippen molar-refractivity contribution in [1.29, 1.82) is 0 Å². The van der Waals surface area contributed by atoms with Gasteiger partial charge in [-0.2, -0.15) is 5.10 Å². The van der Waals surface area contributed by atoms with Crippen molar-refractivity contribution in [1.82, 2.24) is 19.7 Å². The van der Waals surface area contributed by atoms with Gasteiger partial charge in [-0.3, -0.25) is 9.48 Å². The van der Waals surface area contributed by atoms with Gasteiger partial charge in [-0.25, -0.2) is 9.97 Å². The molecule has 0 aliphatic heterocycles. The number of thiophene rings is 1. The van der Waals surface area contributed by atoms with Crippen molar-refractivity contribution in [3.63, 3.8) is 0 Å². The van der Waals surface area contributed by atoms with Gasteiger partial charge in [0.15, 0.2) is 0 Å². The van der Waals surface area contributed by atoms with Crippen LogP contribution in [0, 0.1) is 27.7 Å². The van der Waals surface area contributed by atoms with Gasteiger partial charge < -0.3 is 5.32 Å². The van der Waals surface area contributed by atoms with Crippen molar-refractivity contribution in [2.75, 3.05) is 5.32 Å². The maximum absolute atomic E-state index is 12.9. The summed E-state index contributed by atoms with van der Waals surface area (Å²) in [5.74, 6) is 1.33. The van der Waals surface area contributed by atoms with Gasteiger partial charge in [0.1, 0.15) is 10.7 Å². The highest BCUT2D eigenvalue weighted by Gasteiger charge is 2.28. The topological polar surface area (TPSA) is 72.7 Å². The number of fused-ring (bicyclic) bond motifs is 1. The van der Waals surface area contributed by atoms with E-state index < -0.39 is 0 Å². The number of carbonyl (C=O) groups excluding carboxylic acids is 1. The van der Waals surface area contributed by atoms with E-state index in [9.17, 15) is 4.79 Å². The molecule has 6 nitrogen and oxygen atoms in total. The van der Waals surface area contributed by atoms with Crippen LogP contribution in [0.2, 0.25) is 0 Å². The minimum Gasteiger partial charge on any atom is -0.318 e. The molecule has 0 aromatic carbocycles. The molecule has 4 rings (SSSR count). The van der Waals surface area contributed by atoms with Gasteiger partial charge in [-0.05, 0) is 46.1 Å². The lowest BCUT2D eigenvalue weighted by atomic mass is 10.1. The van der Waals surface area contributed by atoms with E-state index in [1.807, 2.05) is 34.7 Å². The number of nitrogens with one attached hydrogen (secondary N) is 1. The second-order valence-electron chi connectivity index (χ2n) is 6.80. The zero-order chi connectivity index (χ0) is 17.9. The SMILES string of the molecule is Cc1nn(C)c(C)c1NC(=O)c1sc2nc(C3CC3)nc(C)c2c1C. The Bertz CT molecular complexity index is 1010. The minimum absolute atomic E-state index is 0.105. The molecular formula is C18H21N5OS. The van der Waals surface area contributed by atoms with Gasteiger partial charge in [-0.1, -0.05) is 0 Å². The molecule has 3 heterocycles. The number of amides is 1. The van der Waals surface area contributed by atoms with Crippen molar-refractivity contribution in [3.05, 3.63) is 33.3 Å². The number of rotatable bonds is 3. The lowest BCUT2D eigenvalue weighted by molar-refractivity contribution is 0.103. The Balaban J connectivity index is 1.74. The molecular weight excluding hydrogens is 334 g/mol. The molecule has 0 atom stereocenters. The van der Waals surface area contributed by atoms with Gasteiger partial charge >= 0.3 is 0 Å². The van der Waals surface area contributed by atoms with E-state index in [0.717, 1.165) is 44.4 Å². The summed E-state index contributed by atoms with van der Waals surface area (Å²) in [6, 6.07) is 0. The highest BCUT2D eigenvalue weighted by molar-refractivity contribution is 7.20. The highest BCUT2D eigenvalue weighted by atomic mass is 32.1. The van der Waals surface area contributed by atoms with Crippen LogP contribution in [-0.4, -0.2) is 25.7 Å². The lowest BCUT2D eigenvalue weighted by Gasteiger charge is -2.05. The summed E-state index contributed by atoms with van der Waals surface area (Å²) in [5.41, 5.74) is 4.46. The zero-order valence-corrected chi connectivity index (χ0v) is 15.9. The van der Waals surface area contributed by atoms with Crippen LogP contribution in [0.4, 0.5) is 5.69 Å². The zero-order valence-electron chi connectivity index (χ0n) is 15.1. The van der Waals surface area contributed by atoms with Crippen LogP contribution in [0.1, 0.15) is 56.9 Å². The van der Waals surface area contributed by atoms with Crippen LogP contribution in [-0.2, 0) is 7.05 Å². The maximum atomic E-state index is 12.9. The van der Waals surface area contributed by atoms with Crippen molar-refractivity contribution < 1.29 is 4.79 Å². The Labute approximate surface area is 150 Å². The van der Waals surface area contributed by atoms with Crippen LogP contribution in [0.25, 0.3) is 10.2 Å². The molecule has 7 heteroatoms. The predicted molar refractivity (Wildman–Crippen MR) is 99.5 cm³/mol. The van der Waals surface area contributed by atoms with Crippen molar-refractivity contribution in [2.45, 2.75) is 46.5 Å². The molecule has 1 amide bonds. The number of anilines is 1. The Hall–Kier alpha value is -2.28. The maximum Gasteiger partial charge on any atom is 0.266 e. The molecule has 130 valence electrons. The molecule has 1 saturated carbocycles. The van der Waals surface area contributed by atoms with Crippen LogP contribution >= 0.6 is 11.3 Å². The van der Waals surface area contributed by atoms with E-state index in [2.05, 4.69) is 15.4 Å². The van der Waals surface area contributed by atoms with E-state index in [-0.39, 0.29) is 5.91 Å². The van der Waals surface area contributed by atoms with Crippen molar-refractivity contribution in [2.24, 2.45) is 7.05 Å². The van der Waals surface area contributed by atoms with E-state index in [1.54, 1.807) is 4.68 Å². The summed E-state index contributed by atoms with van der Waals surface area (Å²) in [5, 5.41) is 8.40. The Morgan fingerprint density at radius 2 is 1.88 bits per heavy atom. The molecule has 1 N–H and O–H groups in total. The largest absolute Gasteiger partial charge is 0.318 e. The number of carbonyl (C=O) groups is 1. The Morgan fingerprint density at radius 1 is 1.16 bits per heavy atom. The average molecular weight is 355 g/mol. The summed E-state index contributed by atoms with van der Waals surface area (Å²) in [7, 11) is 1.88. The highest BCUT2D eigenvalue weighted by Crippen LogP contribution is 2.40. The van der Waals surface area contributed by atoms with E-state index in [0.29, 0.717) is 10.8 Å². The van der Waals surface area contributed by atoms with Gasteiger partial charge in [0.05, 0.1) is 27.6 Å².